The van der Waals surface area contributed by atoms with Crippen molar-refractivity contribution in [3.05, 3.63) is 11.6 Å². The average Bonchev–Trinajstić information content (AvgIpc) is 2.62. The molecule has 0 unspecified atom stereocenters. The SMILES string of the molecule is [2H]C1=C2[C@@](O)(C[C@]3(C)[C@@](C)(C(=O)C[C@@]3([2H])C)[C@]2([2H])C)OC1=O. The van der Waals surface area contributed by atoms with Crippen LogP contribution < -0.4 is 0 Å². The van der Waals surface area contributed by atoms with Gasteiger partial charge in [-0.2, -0.15) is 0 Å². The zero-order valence-electron chi connectivity index (χ0n) is 14.6. The van der Waals surface area contributed by atoms with Gasteiger partial charge in [0, 0.05) is 32.6 Å². The second-order valence-corrected chi connectivity index (χ2v) is 6.31. The second-order valence-electron chi connectivity index (χ2n) is 6.31. The highest BCUT2D eigenvalue weighted by molar-refractivity contribution is 5.92. The third-order valence-electron chi connectivity index (χ3n) is 5.63. The summed E-state index contributed by atoms with van der Waals surface area (Å²) in [5, 5.41) is 10.8. The van der Waals surface area contributed by atoms with Crippen LogP contribution in [0, 0.1) is 22.6 Å². The van der Waals surface area contributed by atoms with Gasteiger partial charge in [0.25, 0.3) is 0 Å². The predicted molar refractivity (Wildman–Crippen MR) is 67.9 cm³/mol. The molecule has 0 amide bonds. The van der Waals surface area contributed by atoms with Crippen molar-refractivity contribution in [2.45, 2.75) is 46.3 Å². The molecular formula is C15H20O4. The number of ketones is 1. The van der Waals surface area contributed by atoms with Crippen molar-refractivity contribution in [1.82, 2.24) is 0 Å². The smallest absolute Gasteiger partial charge is 0.333 e. The molecule has 5 atom stereocenters. The summed E-state index contributed by atoms with van der Waals surface area (Å²) in [6.45, 7) is 6.36. The molecule has 19 heavy (non-hydrogen) atoms. The van der Waals surface area contributed by atoms with Crippen molar-refractivity contribution >= 4 is 11.8 Å². The van der Waals surface area contributed by atoms with Gasteiger partial charge in [-0.15, -0.1) is 0 Å². The van der Waals surface area contributed by atoms with E-state index in [-0.39, 0.29) is 24.2 Å². The molecule has 1 N–H and O–H groups in total. The minimum atomic E-state index is -2.08. The number of esters is 1. The molecule has 0 radical (unpaired) electrons. The number of aliphatic hydroxyl groups is 1. The molecule has 0 aromatic carbocycles. The van der Waals surface area contributed by atoms with Crippen LogP contribution in [0.15, 0.2) is 11.6 Å². The Morgan fingerprint density at radius 1 is 1.47 bits per heavy atom. The summed E-state index contributed by atoms with van der Waals surface area (Å²) in [5.41, 5.74) is -2.49. The molecule has 4 heteroatoms. The maximum Gasteiger partial charge on any atom is 0.333 e. The predicted octanol–water partition coefficient (Wildman–Crippen LogP) is 1.82. The van der Waals surface area contributed by atoms with E-state index in [9.17, 15) is 14.7 Å². The normalized spacial score (nSPS) is 63.1. The van der Waals surface area contributed by atoms with Crippen molar-refractivity contribution in [2.24, 2.45) is 22.6 Å². The molecule has 3 rings (SSSR count). The summed E-state index contributed by atoms with van der Waals surface area (Å²) in [6.07, 6.45) is -0.181. The maximum absolute atomic E-state index is 12.7. The third-order valence-corrected chi connectivity index (χ3v) is 5.63. The third kappa shape index (κ3) is 1.23. The van der Waals surface area contributed by atoms with Crippen LogP contribution in [0.3, 0.4) is 0 Å². The van der Waals surface area contributed by atoms with Gasteiger partial charge in [0.2, 0.25) is 5.79 Å². The van der Waals surface area contributed by atoms with E-state index in [2.05, 4.69) is 0 Å². The Morgan fingerprint density at radius 2 is 2.11 bits per heavy atom. The Bertz CT molecular complexity index is 653. The van der Waals surface area contributed by atoms with Crippen LogP contribution in [0.2, 0.25) is 0 Å². The van der Waals surface area contributed by atoms with E-state index >= 15 is 0 Å². The lowest BCUT2D eigenvalue weighted by Gasteiger charge is -2.54. The molecule has 4 nitrogen and oxygen atoms in total. The van der Waals surface area contributed by atoms with Gasteiger partial charge in [-0.25, -0.2) is 4.79 Å². The standard InChI is InChI=1S/C15H20O4/c1-8-5-11(16)14(4)9(2)10-6-12(17)19-15(10,18)7-13(8,14)3/h6,8-9,18H,5,7H2,1-4H3/t8-,9-,13+,14-,15-/m1/s1/i6D,8D,9D. The molecule has 0 aromatic heterocycles. The first-order chi connectivity index (χ1) is 9.75. The van der Waals surface area contributed by atoms with Crippen LogP contribution in [0.1, 0.15) is 44.6 Å². The summed E-state index contributed by atoms with van der Waals surface area (Å²) in [6, 6.07) is -0.547. The van der Waals surface area contributed by atoms with E-state index in [0.29, 0.717) is 0 Å². The van der Waals surface area contributed by atoms with E-state index in [1.807, 2.05) is 0 Å². The van der Waals surface area contributed by atoms with Gasteiger partial charge in [0.05, 0.1) is 1.37 Å². The Kier molecular flexibility index (Phi) is 1.68. The largest absolute Gasteiger partial charge is 0.426 e. The number of hydrogen-bond donors (Lipinski definition) is 1. The molecule has 0 saturated heterocycles. The summed E-state index contributed by atoms with van der Waals surface area (Å²) < 4.78 is 30.2. The minimum absolute atomic E-state index is 0.0287. The van der Waals surface area contributed by atoms with E-state index in [0.717, 1.165) is 0 Å². The van der Waals surface area contributed by atoms with Gasteiger partial charge >= 0.3 is 5.97 Å². The lowest BCUT2D eigenvalue weighted by atomic mass is 9.50. The number of carbonyl (C=O) groups excluding carboxylic acids is 2. The average molecular weight is 267 g/mol. The number of carbonyl (C=O) groups is 2. The van der Waals surface area contributed by atoms with Crippen molar-refractivity contribution in [3.63, 3.8) is 0 Å². The van der Waals surface area contributed by atoms with Gasteiger partial charge < -0.3 is 9.84 Å². The van der Waals surface area contributed by atoms with Crippen molar-refractivity contribution in [2.75, 3.05) is 0 Å². The monoisotopic (exact) mass is 267 g/mol. The lowest BCUT2D eigenvalue weighted by Crippen LogP contribution is -2.57. The maximum atomic E-state index is 12.7. The van der Waals surface area contributed by atoms with E-state index in [1.54, 1.807) is 20.8 Å². The summed E-state index contributed by atoms with van der Waals surface area (Å²) in [5.74, 6) is -6.20. The number of ether oxygens (including phenoxy) is 1. The van der Waals surface area contributed by atoms with Crippen LogP contribution in [0.25, 0.3) is 0 Å². The topological polar surface area (TPSA) is 63.6 Å². The molecule has 2 aliphatic carbocycles. The highest BCUT2D eigenvalue weighted by Crippen LogP contribution is 2.67. The van der Waals surface area contributed by atoms with Crippen LogP contribution in [0.4, 0.5) is 0 Å². The minimum Gasteiger partial charge on any atom is -0.426 e. The summed E-state index contributed by atoms with van der Waals surface area (Å²) in [4.78, 5) is 24.5. The zero-order chi connectivity index (χ0) is 16.9. The van der Waals surface area contributed by atoms with Gasteiger partial charge in [0.15, 0.2) is 0 Å². The Hall–Kier alpha value is -1.16. The molecule has 104 valence electrons. The van der Waals surface area contributed by atoms with E-state index < -0.39 is 40.4 Å². The molecule has 3 aliphatic rings. The Labute approximate surface area is 117 Å². The number of rotatable bonds is 0. The van der Waals surface area contributed by atoms with Crippen LogP contribution >= 0.6 is 0 Å². The van der Waals surface area contributed by atoms with Crippen LogP contribution in [-0.2, 0) is 14.3 Å². The quantitative estimate of drug-likeness (QED) is 0.680. The highest BCUT2D eigenvalue weighted by atomic mass is 16.7. The first kappa shape index (κ1) is 9.70. The van der Waals surface area contributed by atoms with E-state index in [1.165, 1.54) is 6.92 Å². The highest BCUT2D eigenvalue weighted by Gasteiger charge is 2.69. The fraction of sp³-hybridized carbons (Fsp3) is 0.733. The molecule has 2 fully saturated rings. The molecular weight excluding hydrogens is 244 g/mol. The summed E-state index contributed by atoms with van der Waals surface area (Å²) in [7, 11) is 0. The number of Topliss-reactive ketones (excluding diaryl/α,β-unsaturated/α-hetero) is 1. The Morgan fingerprint density at radius 3 is 2.74 bits per heavy atom. The van der Waals surface area contributed by atoms with Gasteiger partial charge in [-0.3, -0.25) is 4.79 Å². The Balaban J connectivity index is 2.35. The molecule has 1 aliphatic heterocycles. The number of hydrogen-bond acceptors (Lipinski definition) is 4. The second kappa shape index (κ2) is 3.29. The molecule has 0 spiro atoms. The molecule has 0 bridgehead atoms. The molecule has 0 aromatic rings. The molecule has 1 heterocycles. The lowest BCUT2D eigenvalue weighted by molar-refractivity contribution is -0.217. The van der Waals surface area contributed by atoms with Gasteiger partial charge in [-0.05, 0) is 17.2 Å². The van der Waals surface area contributed by atoms with E-state index in [4.69, 9.17) is 8.85 Å². The zero-order valence-corrected chi connectivity index (χ0v) is 11.6. The fourth-order valence-electron chi connectivity index (χ4n) is 3.97. The van der Waals surface area contributed by atoms with Crippen molar-refractivity contribution in [3.8, 4) is 0 Å². The van der Waals surface area contributed by atoms with Crippen molar-refractivity contribution < 1.29 is 23.5 Å². The van der Waals surface area contributed by atoms with Gasteiger partial charge in [0.1, 0.15) is 5.78 Å². The molecule has 2 saturated carbocycles. The van der Waals surface area contributed by atoms with Crippen molar-refractivity contribution in [1.29, 1.82) is 0 Å². The summed E-state index contributed by atoms with van der Waals surface area (Å²) >= 11 is 0. The number of fused-ring (bicyclic) bond motifs is 2. The fourth-order valence-corrected chi connectivity index (χ4v) is 3.97. The first-order valence-corrected chi connectivity index (χ1v) is 6.45. The van der Waals surface area contributed by atoms with Crippen LogP contribution in [0.5, 0.6) is 0 Å². The first-order valence-electron chi connectivity index (χ1n) is 7.95. The van der Waals surface area contributed by atoms with Crippen LogP contribution in [-0.4, -0.2) is 22.6 Å². The van der Waals surface area contributed by atoms with Gasteiger partial charge in [-0.1, -0.05) is 27.7 Å².